The molecule has 1 unspecified atom stereocenters. The van der Waals surface area contributed by atoms with Gasteiger partial charge in [0.05, 0.1) is 5.02 Å². The summed E-state index contributed by atoms with van der Waals surface area (Å²) in [6, 6.07) is 3.69. The minimum absolute atomic E-state index is 0.163. The Balaban J connectivity index is 1.79. The second-order valence-electron chi connectivity index (χ2n) is 6.34. The van der Waals surface area contributed by atoms with Crippen LogP contribution in [0.4, 0.5) is 0 Å². The van der Waals surface area contributed by atoms with Crippen LogP contribution < -0.4 is 0 Å². The van der Waals surface area contributed by atoms with Crippen LogP contribution in [0.2, 0.25) is 10.0 Å². The van der Waals surface area contributed by atoms with Crippen molar-refractivity contribution in [2.75, 3.05) is 37.7 Å². The van der Waals surface area contributed by atoms with Crippen LogP contribution in [0.3, 0.4) is 0 Å². The molecule has 2 aliphatic rings. The number of hydrogen-bond donors (Lipinski definition) is 0. The van der Waals surface area contributed by atoms with Gasteiger partial charge in [0, 0.05) is 36.5 Å². The van der Waals surface area contributed by atoms with E-state index in [4.69, 9.17) is 23.2 Å². The van der Waals surface area contributed by atoms with Gasteiger partial charge >= 0.3 is 0 Å². The zero-order valence-electron chi connectivity index (χ0n) is 13.7. The Labute approximate surface area is 158 Å². The zero-order valence-corrected chi connectivity index (χ0v) is 16.8. The van der Waals surface area contributed by atoms with E-state index in [-0.39, 0.29) is 9.92 Å². The van der Waals surface area contributed by atoms with E-state index >= 15 is 0 Å². The van der Waals surface area contributed by atoms with Crippen LogP contribution in [0.15, 0.2) is 17.0 Å². The Bertz CT molecular complexity index is 706. The summed E-state index contributed by atoms with van der Waals surface area (Å²) in [4.78, 5) is 2.61. The molecule has 0 bridgehead atoms. The zero-order chi connectivity index (χ0) is 17.3. The molecule has 24 heavy (non-hydrogen) atoms. The average Bonchev–Trinajstić information content (AvgIpc) is 2.94. The van der Waals surface area contributed by atoms with E-state index in [9.17, 15) is 8.42 Å². The monoisotopic (exact) mass is 408 g/mol. The van der Waals surface area contributed by atoms with E-state index in [0.717, 1.165) is 30.8 Å². The summed E-state index contributed by atoms with van der Waals surface area (Å²) >= 11 is 14.2. The number of nitrogens with zero attached hydrogens (tertiary/aromatic N) is 2. The highest BCUT2D eigenvalue weighted by atomic mass is 35.5. The van der Waals surface area contributed by atoms with Crippen LogP contribution >= 0.6 is 35.0 Å². The maximum Gasteiger partial charge on any atom is 0.244 e. The summed E-state index contributed by atoms with van der Waals surface area (Å²) < 4.78 is 27.6. The second kappa shape index (κ2) is 7.72. The fourth-order valence-corrected chi connectivity index (χ4v) is 6.83. The van der Waals surface area contributed by atoms with Crippen molar-refractivity contribution in [1.82, 2.24) is 9.21 Å². The molecule has 0 aromatic heterocycles. The first kappa shape index (κ1) is 18.8. The first-order chi connectivity index (χ1) is 11.4. The highest BCUT2D eigenvalue weighted by Gasteiger charge is 2.31. The number of aryl methyl sites for hydroxylation is 1. The van der Waals surface area contributed by atoms with Crippen LogP contribution in [0, 0.1) is 6.92 Å². The van der Waals surface area contributed by atoms with Crippen molar-refractivity contribution in [3.05, 3.63) is 27.7 Å². The molecule has 0 amide bonds. The molecule has 134 valence electrons. The molecule has 2 fully saturated rings. The van der Waals surface area contributed by atoms with Crippen LogP contribution in [-0.4, -0.2) is 61.3 Å². The molecule has 0 saturated carbocycles. The first-order valence-electron chi connectivity index (χ1n) is 8.17. The van der Waals surface area contributed by atoms with Gasteiger partial charge in [-0.1, -0.05) is 23.2 Å². The number of halogens is 2. The predicted octanol–water partition coefficient (Wildman–Crippen LogP) is 3.50. The Hall–Kier alpha value is 0.0200. The molecular formula is C16H22Cl2N2O2S2. The van der Waals surface area contributed by atoms with Crippen molar-refractivity contribution < 1.29 is 8.42 Å². The Morgan fingerprint density at radius 2 is 1.92 bits per heavy atom. The topological polar surface area (TPSA) is 40.6 Å². The molecule has 2 saturated heterocycles. The van der Waals surface area contributed by atoms with Gasteiger partial charge in [-0.25, -0.2) is 8.42 Å². The number of benzene rings is 1. The van der Waals surface area contributed by atoms with Crippen LogP contribution in [0.1, 0.15) is 18.4 Å². The van der Waals surface area contributed by atoms with Crippen molar-refractivity contribution in [1.29, 1.82) is 0 Å². The van der Waals surface area contributed by atoms with Crippen LogP contribution in [0.5, 0.6) is 0 Å². The van der Waals surface area contributed by atoms with Gasteiger partial charge < -0.3 is 0 Å². The van der Waals surface area contributed by atoms with Gasteiger partial charge in [0.15, 0.2) is 0 Å². The van der Waals surface area contributed by atoms with E-state index in [0.29, 0.717) is 24.2 Å². The molecule has 0 N–H and O–H groups in total. The van der Waals surface area contributed by atoms with Crippen molar-refractivity contribution in [3.8, 4) is 0 Å². The molecule has 1 aromatic carbocycles. The molecule has 2 heterocycles. The molecule has 1 aromatic rings. The molecule has 4 nitrogen and oxygen atoms in total. The second-order valence-corrected chi connectivity index (χ2v) is 10.2. The Morgan fingerprint density at radius 1 is 1.12 bits per heavy atom. The summed E-state index contributed by atoms with van der Waals surface area (Å²) in [6.45, 7) is 4.59. The van der Waals surface area contributed by atoms with Gasteiger partial charge in [-0.15, -0.1) is 0 Å². The third kappa shape index (κ3) is 3.89. The van der Waals surface area contributed by atoms with E-state index < -0.39 is 10.0 Å². The summed E-state index contributed by atoms with van der Waals surface area (Å²) in [5.74, 6) is 2.37. The highest BCUT2D eigenvalue weighted by Crippen LogP contribution is 2.31. The van der Waals surface area contributed by atoms with Gasteiger partial charge in [-0.05, 0) is 49.8 Å². The SMILES string of the molecule is Cc1cc(S(=O)(=O)N2CCCN(C3CCSC3)CC2)c(Cl)cc1Cl. The number of sulfonamides is 1. The minimum atomic E-state index is -3.59. The van der Waals surface area contributed by atoms with Gasteiger partial charge in [0.25, 0.3) is 0 Å². The normalized spacial score (nSPS) is 24.2. The maximum atomic E-state index is 13.0. The molecule has 2 aliphatic heterocycles. The highest BCUT2D eigenvalue weighted by molar-refractivity contribution is 7.99. The molecule has 0 radical (unpaired) electrons. The molecular weight excluding hydrogens is 387 g/mol. The van der Waals surface area contributed by atoms with Crippen molar-refractivity contribution in [3.63, 3.8) is 0 Å². The fraction of sp³-hybridized carbons (Fsp3) is 0.625. The standard InChI is InChI=1S/C16H22Cl2N2O2S2/c1-12-9-16(15(18)10-14(12)17)24(21,22)20-5-2-4-19(6-7-20)13-3-8-23-11-13/h9-10,13H,2-8,11H2,1H3. The smallest absolute Gasteiger partial charge is 0.244 e. The molecule has 0 aliphatic carbocycles. The summed E-state index contributed by atoms with van der Waals surface area (Å²) in [5.41, 5.74) is 0.721. The molecule has 1 atom stereocenters. The minimum Gasteiger partial charge on any atom is -0.298 e. The molecule has 3 rings (SSSR count). The maximum absolute atomic E-state index is 13.0. The van der Waals surface area contributed by atoms with E-state index in [2.05, 4.69) is 4.90 Å². The van der Waals surface area contributed by atoms with Gasteiger partial charge in [-0.2, -0.15) is 16.1 Å². The Morgan fingerprint density at radius 3 is 2.62 bits per heavy atom. The summed E-state index contributed by atoms with van der Waals surface area (Å²) in [6.07, 6.45) is 2.06. The summed E-state index contributed by atoms with van der Waals surface area (Å²) in [5, 5.41) is 0.679. The van der Waals surface area contributed by atoms with Crippen molar-refractivity contribution in [2.45, 2.75) is 30.7 Å². The lowest BCUT2D eigenvalue weighted by Crippen LogP contribution is -2.39. The number of hydrogen-bond acceptors (Lipinski definition) is 4. The number of rotatable bonds is 3. The average molecular weight is 409 g/mol. The summed E-state index contributed by atoms with van der Waals surface area (Å²) in [7, 11) is -3.59. The van der Waals surface area contributed by atoms with Gasteiger partial charge in [0.2, 0.25) is 10.0 Å². The van der Waals surface area contributed by atoms with E-state index in [1.165, 1.54) is 18.2 Å². The largest absolute Gasteiger partial charge is 0.298 e. The van der Waals surface area contributed by atoms with Gasteiger partial charge in [0.1, 0.15) is 4.90 Å². The lowest BCUT2D eigenvalue weighted by Gasteiger charge is -2.26. The quantitative estimate of drug-likeness (QED) is 0.766. The lowest BCUT2D eigenvalue weighted by molar-refractivity contribution is 0.223. The lowest BCUT2D eigenvalue weighted by atomic mass is 10.2. The van der Waals surface area contributed by atoms with E-state index in [1.807, 2.05) is 11.8 Å². The van der Waals surface area contributed by atoms with E-state index in [1.54, 1.807) is 17.3 Å². The molecule has 0 spiro atoms. The van der Waals surface area contributed by atoms with Crippen LogP contribution in [-0.2, 0) is 10.0 Å². The Kier molecular flexibility index (Phi) is 6.05. The van der Waals surface area contributed by atoms with Crippen molar-refractivity contribution in [2.24, 2.45) is 0 Å². The van der Waals surface area contributed by atoms with Crippen molar-refractivity contribution >= 4 is 45.0 Å². The fourth-order valence-electron chi connectivity index (χ4n) is 3.30. The van der Waals surface area contributed by atoms with Crippen LogP contribution in [0.25, 0.3) is 0 Å². The third-order valence-electron chi connectivity index (χ3n) is 4.74. The van der Waals surface area contributed by atoms with Gasteiger partial charge in [-0.3, -0.25) is 4.90 Å². The predicted molar refractivity (Wildman–Crippen MR) is 102 cm³/mol. The third-order valence-corrected chi connectivity index (χ3v) is 8.66. The molecule has 8 heteroatoms. The number of thioether (sulfide) groups is 1. The first-order valence-corrected chi connectivity index (χ1v) is 11.5.